The fourth-order valence-corrected chi connectivity index (χ4v) is 4.89. The van der Waals surface area contributed by atoms with Gasteiger partial charge >= 0.3 is 0 Å². The van der Waals surface area contributed by atoms with Crippen LogP contribution in [0.5, 0.6) is 0 Å². The first-order valence-corrected chi connectivity index (χ1v) is 10.8. The molecule has 1 atom stereocenters. The number of benzene rings is 3. The minimum Gasteiger partial charge on any atom is -0.397 e. The zero-order chi connectivity index (χ0) is 21.8. The SMILES string of the molecule is CC1(C)c2cc(NC(=O)[C@@H]3CCCN3)ccc2-c2ccc(-c3ccc(N)c(N)c3)cc21. The monoisotopic (exact) mass is 412 g/mol. The molecule has 2 aliphatic rings. The average Bonchev–Trinajstić information content (AvgIpc) is 3.36. The highest BCUT2D eigenvalue weighted by Gasteiger charge is 2.36. The van der Waals surface area contributed by atoms with Crippen molar-refractivity contribution in [1.82, 2.24) is 5.32 Å². The van der Waals surface area contributed by atoms with E-state index in [2.05, 4.69) is 54.8 Å². The van der Waals surface area contributed by atoms with Crippen molar-refractivity contribution in [2.75, 3.05) is 23.3 Å². The second-order valence-electron chi connectivity index (χ2n) is 9.13. The van der Waals surface area contributed by atoms with Crippen LogP contribution in [0.15, 0.2) is 54.6 Å². The maximum Gasteiger partial charge on any atom is 0.241 e. The number of rotatable bonds is 3. The highest BCUT2D eigenvalue weighted by molar-refractivity contribution is 5.96. The number of hydrogen-bond acceptors (Lipinski definition) is 4. The Hall–Kier alpha value is -3.31. The van der Waals surface area contributed by atoms with Crippen LogP contribution in [-0.4, -0.2) is 18.5 Å². The van der Waals surface area contributed by atoms with Gasteiger partial charge in [0.15, 0.2) is 0 Å². The summed E-state index contributed by atoms with van der Waals surface area (Å²) in [5, 5.41) is 6.36. The minimum atomic E-state index is -0.174. The van der Waals surface area contributed by atoms with Gasteiger partial charge in [-0.15, -0.1) is 0 Å². The van der Waals surface area contributed by atoms with Crippen molar-refractivity contribution in [2.45, 2.75) is 38.1 Å². The van der Waals surface area contributed by atoms with Crippen LogP contribution in [-0.2, 0) is 10.2 Å². The lowest BCUT2D eigenvalue weighted by molar-refractivity contribution is -0.117. The van der Waals surface area contributed by atoms with Gasteiger partial charge < -0.3 is 22.1 Å². The van der Waals surface area contributed by atoms with E-state index in [0.717, 1.165) is 36.2 Å². The summed E-state index contributed by atoms with van der Waals surface area (Å²) in [7, 11) is 0. The molecule has 3 aromatic carbocycles. The molecule has 0 bridgehead atoms. The average molecular weight is 413 g/mol. The number of nitrogens with one attached hydrogen (secondary N) is 2. The Morgan fingerprint density at radius 1 is 0.935 bits per heavy atom. The molecule has 3 aromatic rings. The number of carbonyl (C=O) groups is 1. The van der Waals surface area contributed by atoms with E-state index in [1.807, 2.05) is 24.3 Å². The normalized spacial score (nSPS) is 18.5. The third-order valence-electron chi connectivity index (χ3n) is 6.74. The van der Waals surface area contributed by atoms with E-state index in [1.54, 1.807) is 0 Å². The maximum atomic E-state index is 12.6. The molecule has 1 heterocycles. The summed E-state index contributed by atoms with van der Waals surface area (Å²) in [6.45, 7) is 5.39. The van der Waals surface area contributed by atoms with Crippen LogP contribution in [0, 0.1) is 0 Å². The molecule has 0 radical (unpaired) electrons. The summed E-state index contributed by atoms with van der Waals surface area (Å²) in [6.07, 6.45) is 1.94. The van der Waals surface area contributed by atoms with Gasteiger partial charge in [-0.2, -0.15) is 0 Å². The highest BCUT2D eigenvalue weighted by Crippen LogP contribution is 2.50. The second kappa shape index (κ2) is 7.13. The molecule has 31 heavy (non-hydrogen) atoms. The lowest BCUT2D eigenvalue weighted by atomic mass is 9.81. The van der Waals surface area contributed by atoms with Crippen LogP contribution in [0.2, 0.25) is 0 Å². The topological polar surface area (TPSA) is 93.2 Å². The molecule has 1 saturated heterocycles. The van der Waals surface area contributed by atoms with Gasteiger partial charge in [0.2, 0.25) is 5.91 Å². The molecule has 1 aliphatic carbocycles. The quantitative estimate of drug-likeness (QED) is 0.476. The number of nitrogen functional groups attached to an aromatic ring is 2. The van der Waals surface area contributed by atoms with E-state index in [-0.39, 0.29) is 17.4 Å². The number of anilines is 3. The van der Waals surface area contributed by atoms with E-state index < -0.39 is 0 Å². The first-order valence-electron chi connectivity index (χ1n) is 10.8. The van der Waals surface area contributed by atoms with Gasteiger partial charge in [0.1, 0.15) is 0 Å². The lowest BCUT2D eigenvalue weighted by Gasteiger charge is -2.23. The minimum absolute atomic E-state index is 0.0500. The molecule has 1 amide bonds. The summed E-state index contributed by atoms with van der Waals surface area (Å²) in [4.78, 5) is 12.6. The molecular formula is C26H28N4O. The van der Waals surface area contributed by atoms with Gasteiger partial charge in [-0.25, -0.2) is 0 Å². The van der Waals surface area contributed by atoms with E-state index in [4.69, 9.17) is 11.5 Å². The van der Waals surface area contributed by atoms with Gasteiger partial charge in [-0.05, 0) is 83.1 Å². The second-order valence-corrected chi connectivity index (χ2v) is 9.13. The first-order chi connectivity index (χ1) is 14.8. The van der Waals surface area contributed by atoms with Crippen molar-refractivity contribution < 1.29 is 4.79 Å². The number of amides is 1. The van der Waals surface area contributed by atoms with Crippen molar-refractivity contribution in [1.29, 1.82) is 0 Å². The van der Waals surface area contributed by atoms with Crippen molar-refractivity contribution in [2.24, 2.45) is 0 Å². The summed E-state index contributed by atoms with van der Waals surface area (Å²) in [5.41, 5.74) is 20.9. The van der Waals surface area contributed by atoms with Crippen molar-refractivity contribution in [3.05, 3.63) is 65.7 Å². The van der Waals surface area contributed by atoms with Crippen molar-refractivity contribution >= 4 is 23.0 Å². The zero-order valence-electron chi connectivity index (χ0n) is 18.0. The van der Waals surface area contributed by atoms with E-state index >= 15 is 0 Å². The van der Waals surface area contributed by atoms with E-state index in [9.17, 15) is 4.79 Å². The molecule has 0 aromatic heterocycles. The molecule has 6 N–H and O–H groups in total. The third kappa shape index (κ3) is 3.26. The number of carbonyl (C=O) groups excluding carboxylic acids is 1. The van der Waals surface area contributed by atoms with E-state index in [0.29, 0.717) is 11.4 Å². The Bertz CT molecular complexity index is 1190. The number of fused-ring (bicyclic) bond motifs is 3. The fraction of sp³-hybridized carbons (Fsp3) is 0.269. The zero-order valence-corrected chi connectivity index (χ0v) is 18.0. The Morgan fingerprint density at radius 3 is 2.32 bits per heavy atom. The molecule has 5 rings (SSSR count). The van der Waals surface area contributed by atoms with Gasteiger partial charge in [0.25, 0.3) is 0 Å². The fourth-order valence-electron chi connectivity index (χ4n) is 4.89. The lowest BCUT2D eigenvalue weighted by Crippen LogP contribution is -2.35. The van der Waals surface area contributed by atoms with Crippen LogP contribution in [0.1, 0.15) is 37.8 Å². The summed E-state index contributed by atoms with van der Waals surface area (Å²) in [5.74, 6) is 0.0500. The maximum absolute atomic E-state index is 12.6. The van der Waals surface area contributed by atoms with Gasteiger partial charge in [-0.3, -0.25) is 4.79 Å². The first kappa shape index (κ1) is 19.6. The predicted molar refractivity (Wildman–Crippen MR) is 128 cm³/mol. The Balaban J connectivity index is 1.49. The molecule has 0 unspecified atom stereocenters. The van der Waals surface area contributed by atoms with Crippen LogP contribution >= 0.6 is 0 Å². The van der Waals surface area contributed by atoms with Crippen LogP contribution < -0.4 is 22.1 Å². The number of hydrogen-bond donors (Lipinski definition) is 4. The van der Waals surface area contributed by atoms with Gasteiger partial charge in [-0.1, -0.05) is 38.1 Å². The summed E-state index contributed by atoms with van der Waals surface area (Å²) >= 11 is 0. The van der Waals surface area contributed by atoms with Gasteiger partial charge in [0, 0.05) is 11.1 Å². The molecule has 5 nitrogen and oxygen atoms in total. The van der Waals surface area contributed by atoms with Crippen LogP contribution in [0.4, 0.5) is 17.1 Å². The Kier molecular flexibility index (Phi) is 4.52. The van der Waals surface area contributed by atoms with Gasteiger partial charge in [0.05, 0.1) is 17.4 Å². The van der Waals surface area contributed by atoms with Crippen molar-refractivity contribution in [3.8, 4) is 22.3 Å². The summed E-state index contributed by atoms with van der Waals surface area (Å²) < 4.78 is 0. The molecule has 1 aliphatic heterocycles. The standard InChI is InChI=1S/C26H28N4O/c1-26(2)20-12-15(16-6-10-22(27)23(28)13-16)5-8-18(20)19-9-7-17(14-21(19)26)30-25(31)24-4-3-11-29-24/h5-10,12-14,24,29H,3-4,11,27-28H2,1-2H3,(H,30,31)/t24-/m0/s1. The van der Waals surface area contributed by atoms with Crippen molar-refractivity contribution in [3.63, 3.8) is 0 Å². The van der Waals surface area contributed by atoms with Crippen LogP contribution in [0.3, 0.4) is 0 Å². The third-order valence-corrected chi connectivity index (χ3v) is 6.74. The van der Waals surface area contributed by atoms with Crippen LogP contribution in [0.25, 0.3) is 22.3 Å². The highest BCUT2D eigenvalue weighted by atomic mass is 16.2. The smallest absolute Gasteiger partial charge is 0.241 e. The molecule has 5 heteroatoms. The summed E-state index contributed by atoms with van der Waals surface area (Å²) in [6, 6.07) is 18.5. The Labute approximate surface area is 182 Å². The predicted octanol–water partition coefficient (Wildman–Crippen LogP) is 4.51. The number of nitrogens with two attached hydrogens (primary N) is 2. The molecule has 0 saturated carbocycles. The molecule has 158 valence electrons. The molecular weight excluding hydrogens is 384 g/mol. The van der Waals surface area contributed by atoms with E-state index in [1.165, 1.54) is 22.3 Å². The largest absolute Gasteiger partial charge is 0.397 e. The molecule has 1 fully saturated rings. The molecule has 0 spiro atoms. The Morgan fingerprint density at radius 2 is 1.61 bits per heavy atom.